The predicted molar refractivity (Wildman–Crippen MR) is 198 cm³/mol. The Kier molecular flexibility index (Phi) is 25.3. The van der Waals surface area contributed by atoms with E-state index in [-0.39, 0.29) is 0 Å². The van der Waals surface area contributed by atoms with Gasteiger partial charge in [0.25, 0.3) is 38.1 Å². The minimum absolute atomic E-state index is 0.817. The van der Waals surface area contributed by atoms with Crippen LogP contribution in [0, 0.1) is 0 Å². The largest absolute Gasteiger partial charge is 0.565 e. The molecule has 14 nitrogen and oxygen atoms in total. The Bertz CT molecular complexity index is 676. The van der Waals surface area contributed by atoms with Gasteiger partial charge in [-0.05, 0) is 0 Å². The minimum Gasteiger partial charge on any atom is -0.565 e. The third-order valence-electron chi connectivity index (χ3n) is 7.23. The monoisotopic (exact) mass is 844 g/mol. The van der Waals surface area contributed by atoms with E-state index in [1.54, 1.807) is 0 Å². The Hall–Kier alpha value is 2.37. The van der Waals surface area contributed by atoms with Gasteiger partial charge in [-0.2, -0.15) is 0 Å². The molecular weight excluding hydrogens is 789 g/mol. The van der Waals surface area contributed by atoms with Crippen LogP contribution in [0.1, 0.15) is 39.0 Å². The molecule has 0 aromatic carbocycles. The average molecular weight is 846 g/mol. The quantitative estimate of drug-likeness (QED) is 0.0344. The van der Waals surface area contributed by atoms with E-state index in [2.05, 4.69) is 24.1 Å². The summed E-state index contributed by atoms with van der Waals surface area (Å²) in [6, 6.07) is 0.817. The third-order valence-corrected chi connectivity index (χ3v) is 154. The Labute approximate surface area is 269 Å². The second-order valence-electron chi connectivity index (χ2n) is 11.5. The van der Waals surface area contributed by atoms with Crippen LogP contribution in [-0.4, -0.2) is 173 Å². The normalized spacial score (nSPS) is 19.8. The first-order chi connectivity index (χ1) is 19.1. The van der Waals surface area contributed by atoms with Gasteiger partial charge >= 0.3 is 18.5 Å². The average Bonchev–Trinajstić information content (AvgIpc) is 2.93. The maximum atomic E-state index is 11.5. The van der Waals surface area contributed by atoms with Gasteiger partial charge in [0.2, 0.25) is 20.6 Å². The molecule has 0 aliphatic heterocycles. The molecule has 0 amide bonds. The van der Waals surface area contributed by atoms with Crippen molar-refractivity contribution >= 4 is 129 Å². The molecule has 0 spiro atoms. The number of hydrogen-bond acceptors (Lipinski definition) is 14. The van der Waals surface area contributed by atoms with E-state index < -0.39 is 129 Å². The maximum absolute atomic E-state index is 11.5. The molecule has 0 aromatic rings. The second-order valence-corrected chi connectivity index (χ2v) is 95.8. The standard InChI is InChI=1S/C12H50O10Si12.H6O4Si3/c1-7-8-9-10-11-12-31(5,6)34(22-29(19)30(2,3)4,32(25-15,26-16)20-23-13)33(27-17,28-18)21-24-14;1-5-4-7(3)6-2/h13-19,29H,7-12,23-28H2,1-6H3;1-2H,5-6H2. The summed E-state index contributed by atoms with van der Waals surface area (Å²) in [4.78, 5) is 91.5. The summed E-state index contributed by atoms with van der Waals surface area (Å²) in [5.41, 5.74) is 0. The van der Waals surface area contributed by atoms with Crippen LogP contribution in [0.3, 0.4) is 0 Å². The third kappa shape index (κ3) is 12.8. The summed E-state index contributed by atoms with van der Waals surface area (Å²) >= 11 is 0. The maximum Gasteiger partial charge on any atom is 0.482 e. The predicted octanol–water partition coefficient (Wildman–Crippen LogP) is -9.82. The van der Waals surface area contributed by atoms with Gasteiger partial charge in [0.05, 0.1) is 15.2 Å². The van der Waals surface area contributed by atoms with E-state index >= 15 is 0 Å². The summed E-state index contributed by atoms with van der Waals surface area (Å²) in [5.74, 6) is 0. The van der Waals surface area contributed by atoms with Crippen LogP contribution in [0.2, 0.25) is 38.8 Å². The molecule has 0 radical (unpaired) electrons. The lowest BCUT2D eigenvalue weighted by Gasteiger charge is -2.60. The van der Waals surface area contributed by atoms with Gasteiger partial charge in [-0.25, -0.2) is 0 Å². The summed E-state index contributed by atoms with van der Waals surface area (Å²) in [6.45, 7) is 2.16. The molecule has 0 fully saturated rings. The van der Waals surface area contributed by atoms with Crippen LogP contribution < -0.4 is 0 Å². The Morgan fingerprint density at radius 2 is 1.15 bits per heavy atom. The van der Waals surface area contributed by atoms with Crippen molar-refractivity contribution in [3.63, 3.8) is 0 Å². The van der Waals surface area contributed by atoms with Gasteiger partial charge in [-0.1, -0.05) is 77.8 Å². The van der Waals surface area contributed by atoms with E-state index in [0.717, 1.165) is 38.1 Å². The summed E-state index contributed by atoms with van der Waals surface area (Å²) in [5, 5.41) is 0. The van der Waals surface area contributed by atoms with Crippen LogP contribution in [0.15, 0.2) is 0 Å². The minimum atomic E-state index is -3.55. The fourth-order valence-electron chi connectivity index (χ4n) is 5.01. The number of unbranched alkanes of at least 4 members (excludes halogenated alkanes) is 4. The molecule has 0 heterocycles. The highest BCUT2D eigenvalue weighted by Crippen LogP contribution is 2.40. The highest BCUT2D eigenvalue weighted by Gasteiger charge is 2.78. The molecule has 9 N–H and O–H groups in total. The topological polar surface area (TPSA) is 236 Å². The summed E-state index contributed by atoms with van der Waals surface area (Å²) in [6.07, 6.45) is 5.37. The first-order valence-corrected chi connectivity index (χ1v) is 51.8. The first-order valence-electron chi connectivity index (χ1n) is 13.8. The van der Waals surface area contributed by atoms with Gasteiger partial charge in [0.1, 0.15) is 0 Å². The van der Waals surface area contributed by atoms with E-state index in [9.17, 15) is 38.0 Å². The van der Waals surface area contributed by atoms with E-state index in [1.165, 1.54) is 0 Å². The molecule has 0 bridgehead atoms. The summed E-state index contributed by atoms with van der Waals surface area (Å²) in [7, 11) is -24.8. The lowest BCUT2D eigenvalue weighted by Crippen LogP contribution is -2.98. The van der Waals surface area contributed by atoms with Crippen LogP contribution in [0.5, 0.6) is 0 Å². The lowest BCUT2D eigenvalue weighted by atomic mass is 10.2. The smallest absolute Gasteiger partial charge is 0.482 e. The molecule has 0 aliphatic carbocycles. The van der Waals surface area contributed by atoms with Gasteiger partial charge in [0, 0.05) is 0 Å². The zero-order chi connectivity index (χ0) is 32.4. The highest BCUT2D eigenvalue weighted by molar-refractivity contribution is 8.08. The molecular formula is C12H56O14Si15. The van der Waals surface area contributed by atoms with Gasteiger partial charge < -0.3 is 64.1 Å². The zero-order valence-corrected chi connectivity index (χ0v) is 44.0. The Morgan fingerprint density at radius 1 is 0.707 bits per heavy atom. The zero-order valence-electron chi connectivity index (χ0n) is 25.5. The fourth-order valence-corrected chi connectivity index (χ4v) is 257. The molecule has 29 heteroatoms. The van der Waals surface area contributed by atoms with E-state index in [1.807, 2.05) is 19.6 Å². The first kappa shape index (κ1) is 45.5. The van der Waals surface area contributed by atoms with Crippen molar-refractivity contribution in [2.45, 2.75) is 77.8 Å². The number of rotatable bonds is 23. The van der Waals surface area contributed by atoms with Crippen molar-refractivity contribution in [1.82, 2.24) is 0 Å². The SMILES string of the molecule is CCCCCCC[Si](C)(C)[Si](O[SiH](O)[Si](C)(C)C)([Si](O[SiH2]O)([SiH2]O)[SiH2]O)[Si](O[SiH2]O)([SiH2]O)[SiH2]O.O=[Si](O[SiH2]O)[SiH2]O. The number of hydrogen-bond donors (Lipinski definition) is 9. The van der Waals surface area contributed by atoms with Crippen molar-refractivity contribution in [3.05, 3.63) is 0 Å². The molecule has 1 atom stereocenters. The molecule has 0 aliphatic rings. The molecule has 248 valence electrons. The van der Waals surface area contributed by atoms with Crippen LogP contribution in [0.25, 0.3) is 0 Å². The van der Waals surface area contributed by atoms with E-state index in [4.69, 9.17) is 21.9 Å². The molecule has 0 aromatic heterocycles. The van der Waals surface area contributed by atoms with Crippen molar-refractivity contribution in [2.75, 3.05) is 0 Å². The van der Waals surface area contributed by atoms with Crippen LogP contribution in [0.4, 0.5) is 0 Å². The van der Waals surface area contributed by atoms with E-state index in [0.29, 0.717) is 0 Å². The van der Waals surface area contributed by atoms with Crippen LogP contribution in [-0.2, 0) is 20.9 Å². The van der Waals surface area contributed by atoms with Crippen molar-refractivity contribution in [3.8, 4) is 0 Å². The van der Waals surface area contributed by atoms with Crippen molar-refractivity contribution in [1.29, 1.82) is 0 Å². The van der Waals surface area contributed by atoms with Gasteiger partial charge in [-0.3, -0.25) is 0 Å². The van der Waals surface area contributed by atoms with Crippen molar-refractivity contribution in [2.24, 2.45) is 0 Å². The van der Waals surface area contributed by atoms with Gasteiger partial charge in [-0.15, -0.1) is 0 Å². The van der Waals surface area contributed by atoms with Gasteiger partial charge in [0.15, 0.2) is 37.1 Å². The van der Waals surface area contributed by atoms with Crippen LogP contribution >= 0.6 is 0 Å². The fraction of sp³-hybridized carbons (Fsp3) is 1.00. The molecule has 41 heavy (non-hydrogen) atoms. The molecule has 1 unspecified atom stereocenters. The lowest BCUT2D eigenvalue weighted by molar-refractivity contribution is 0.419. The Morgan fingerprint density at radius 3 is 1.44 bits per heavy atom. The van der Waals surface area contributed by atoms with Crippen molar-refractivity contribution < 1.29 is 64.1 Å². The second kappa shape index (κ2) is 22.8. The molecule has 0 rings (SSSR count). The highest BCUT2D eigenvalue weighted by atomic mass is 30.3. The summed E-state index contributed by atoms with van der Waals surface area (Å²) < 4.78 is 33.6. The Balaban J connectivity index is 0. The molecule has 0 saturated carbocycles. The molecule has 0 saturated heterocycles.